The SMILES string of the molecule is CC(=O)N1CC(Cc2cc(C(=O)NC[C@H](O)CN3CCc4ccccc43)ncn2)C1. The lowest BCUT2D eigenvalue weighted by Crippen LogP contribution is -2.49. The second-order valence-corrected chi connectivity index (χ2v) is 8.08. The summed E-state index contributed by atoms with van der Waals surface area (Å²) in [5, 5.41) is 13.2. The lowest BCUT2D eigenvalue weighted by Gasteiger charge is -2.38. The molecule has 0 unspecified atom stereocenters. The summed E-state index contributed by atoms with van der Waals surface area (Å²) in [5.74, 6) is 0.133. The lowest BCUT2D eigenvalue weighted by molar-refractivity contribution is -0.134. The van der Waals surface area contributed by atoms with Crippen LogP contribution in [-0.2, 0) is 17.6 Å². The fourth-order valence-corrected chi connectivity index (χ4v) is 4.10. The topological polar surface area (TPSA) is 98.7 Å². The summed E-state index contributed by atoms with van der Waals surface area (Å²) >= 11 is 0. The number of fused-ring (bicyclic) bond motifs is 1. The number of amides is 2. The van der Waals surface area contributed by atoms with Gasteiger partial charge in [0.1, 0.15) is 12.0 Å². The number of anilines is 1. The molecule has 1 aromatic carbocycles. The summed E-state index contributed by atoms with van der Waals surface area (Å²) in [6, 6.07) is 9.89. The van der Waals surface area contributed by atoms with Gasteiger partial charge in [-0.15, -0.1) is 0 Å². The van der Waals surface area contributed by atoms with Crippen molar-refractivity contribution in [1.29, 1.82) is 0 Å². The van der Waals surface area contributed by atoms with Gasteiger partial charge in [-0.2, -0.15) is 0 Å². The number of nitrogens with one attached hydrogen (secondary N) is 1. The van der Waals surface area contributed by atoms with Crippen LogP contribution in [0.15, 0.2) is 36.7 Å². The van der Waals surface area contributed by atoms with Crippen LogP contribution >= 0.6 is 0 Å². The summed E-state index contributed by atoms with van der Waals surface area (Å²) < 4.78 is 0. The predicted octanol–water partition coefficient (Wildman–Crippen LogP) is 0.651. The smallest absolute Gasteiger partial charge is 0.270 e. The van der Waals surface area contributed by atoms with Crippen LogP contribution in [0.25, 0.3) is 0 Å². The molecule has 0 spiro atoms. The van der Waals surface area contributed by atoms with Crippen molar-refractivity contribution >= 4 is 17.5 Å². The van der Waals surface area contributed by atoms with Crippen LogP contribution in [0.1, 0.15) is 28.7 Å². The van der Waals surface area contributed by atoms with Gasteiger partial charge in [0.15, 0.2) is 0 Å². The molecule has 1 aromatic heterocycles. The molecule has 4 rings (SSSR count). The summed E-state index contributed by atoms with van der Waals surface area (Å²) in [5.41, 5.74) is 3.53. The number of para-hydroxylation sites is 1. The largest absolute Gasteiger partial charge is 0.389 e. The molecule has 2 aliphatic heterocycles. The molecule has 0 bridgehead atoms. The van der Waals surface area contributed by atoms with Gasteiger partial charge in [-0.1, -0.05) is 18.2 Å². The van der Waals surface area contributed by atoms with Crippen molar-refractivity contribution in [2.24, 2.45) is 5.92 Å². The first-order valence-corrected chi connectivity index (χ1v) is 10.3. The molecule has 8 nitrogen and oxygen atoms in total. The van der Waals surface area contributed by atoms with Gasteiger partial charge in [-0.3, -0.25) is 9.59 Å². The summed E-state index contributed by atoms with van der Waals surface area (Å²) in [6.45, 7) is 4.54. The Kier molecular flexibility index (Phi) is 5.94. The molecule has 2 aromatic rings. The fraction of sp³-hybridized carbons (Fsp3) is 0.455. The number of hydrogen-bond acceptors (Lipinski definition) is 6. The van der Waals surface area contributed by atoms with E-state index in [1.165, 1.54) is 11.9 Å². The maximum atomic E-state index is 12.5. The Morgan fingerprint density at radius 3 is 2.87 bits per heavy atom. The van der Waals surface area contributed by atoms with E-state index in [-0.39, 0.29) is 18.4 Å². The molecular formula is C22H27N5O3. The van der Waals surface area contributed by atoms with Gasteiger partial charge in [-0.25, -0.2) is 9.97 Å². The highest BCUT2D eigenvalue weighted by Crippen LogP contribution is 2.27. The first-order chi connectivity index (χ1) is 14.5. The van der Waals surface area contributed by atoms with E-state index in [1.54, 1.807) is 17.9 Å². The van der Waals surface area contributed by atoms with E-state index < -0.39 is 6.10 Å². The number of carbonyl (C=O) groups excluding carboxylic acids is 2. The van der Waals surface area contributed by atoms with Gasteiger partial charge in [-0.05, 0) is 36.5 Å². The average Bonchev–Trinajstić information content (AvgIpc) is 3.11. The van der Waals surface area contributed by atoms with Crippen LogP contribution in [0.4, 0.5) is 5.69 Å². The zero-order chi connectivity index (χ0) is 21.1. The molecule has 8 heteroatoms. The Hall–Kier alpha value is -3.00. The number of hydrogen-bond donors (Lipinski definition) is 2. The molecule has 1 atom stereocenters. The minimum absolute atomic E-state index is 0.0879. The number of aliphatic hydroxyl groups excluding tert-OH is 1. The molecule has 0 saturated carbocycles. The zero-order valence-corrected chi connectivity index (χ0v) is 17.1. The fourth-order valence-electron chi connectivity index (χ4n) is 4.10. The van der Waals surface area contributed by atoms with Gasteiger partial charge in [0.2, 0.25) is 5.91 Å². The molecular weight excluding hydrogens is 382 g/mol. The molecule has 2 amide bonds. The van der Waals surface area contributed by atoms with Crippen molar-refractivity contribution in [3.8, 4) is 0 Å². The Labute approximate surface area is 175 Å². The molecule has 0 radical (unpaired) electrons. The summed E-state index contributed by atoms with van der Waals surface area (Å²) in [6.07, 6.45) is 2.41. The molecule has 3 heterocycles. The standard InChI is InChI=1S/C22H27N5O3/c1-15(28)27-11-16(12-27)8-18-9-20(25-14-24-18)22(30)23-10-19(29)13-26-7-6-17-4-2-3-5-21(17)26/h2-5,9,14,16,19,29H,6-8,10-13H2,1H3,(H,23,30)/t19-/m0/s1. The number of benzene rings is 1. The van der Waals surface area contributed by atoms with E-state index in [2.05, 4.69) is 32.3 Å². The maximum absolute atomic E-state index is 12.5. The number of β-amino-alcohol motifs (C(OH)–C–C–N with tert-alkyl or cyclic N) is 1. The van der Waals surface area contributed by atoms with E-state index in [0.717, 1.165) is 37.4 Å². The highest BCUT2D eigenvalue weighted by atomic mass is 16.3. The van der Waals surface area contributed by atoms with Crippen LogP contribution in [0.2, 0.25) is 0 Å². The third kappa shape index (κ3) is 4.59. The Balaban J connectivity index is 1.25. The first-order valence-electron chi connectivity index (χ1n) is 10.3. The Morgan fingerprint density at radius 1 is 1.27 bits per heavy atom. The van der Waals surface area contributed by atoms with Crippen molar-refractivity contribution in [3.05, 3.63) is 53.6 Å². The van der Waals surface area contributed by atoms with Crippen LogP contribution in [0.5, 0.6) is 0 Å². The summed E-state index contributed by atoms with van der Waals surface area (Å²) in [7, 11) is 0. The van der Waals surface area contributed by atoms with E-state index in [4.69, 9.17) is 0 Å². The number of nitrogens with zero attached hydrogens (tertiary/aromatic N) is 4. The van der Waals surface area contributed by atoms with Crippen molar-refractivity contribution < 1.29 is 14.7 Å². The highest BCUT2D eigenvalue weighted by molar-refractivity contribution is 5.92. The van der Waals surface area contributed by atoms with Gasteiger partial charge in [0.05, 0.1) is 6.10 Å². The number of likely N-dealkylation sites (tertiary alicyclic amines) is 1. The van der Waals surface area contributed by atoms with E-state index in [0.29, 0.717) is 24.6 Å². The summed E-state index contributed by atoms with van der Waals surface area (Å²) in [4.78, 5) is 36.0. The van der Waals surface area contributed by atoms with Crippen molar-refractivity contribution in [3.63, 3.8) is 0 Å². The van der Waals surface area contributed by atoms with Crippen LogP contribution in [-0.4, -0.2) is 70.6 Å². The monoisotopic (exact) mass is 409 g/mol. The minimum atomic E-state index is -0.672. The number of rotatable bonds is 7. The third-order valence-corrected chi connectivity index (χ3v) is 5.77. The van der Waals surface area contributed by atoms with Gasteiger partial charge in [0, 0.05) is 51.0 Å². The van der Waals surface area contributed by atoms with Crippen molar-refractivity contribution in [2.75, 3.05) is 37.6 Å². The highest BCUT2D eigenvalue weighted by Gasteiger charge is 2.29. The normalized spacial score (nSPS) is 16.7. The van der Waals surface area contributed by atoms with Gasteiger partial charge in [0.25, 0.3) is 5.91 Å². The maximum Gasteiger partial charge on any atom is 0.270 e. The van der Waals surface area contributed by atoms with Crippen LogP contribution in [0, 0.1) is 5.92 Å². The molecule has 30 heavy (non-hydrogen) atoms. The second-order valence-electron chi connectivity index (χ2n) is 8.08. The van der Waals surface area contributed by atoms with Gasteiger partial charge < -0.3 is 20.2 Å². The van der Waals surface area contributed by atoms with Crippen LogP contribution < -0.4 is 10.2 Å². The first kappa shape index (κ1) is 20.3. The minimum Gasteiger partial charge on any atom is -0.389 e. The lowest BCUT2D eigenvalue weighted by atomic mass is 9.94. The average molecular weight is 409 g/mol. The van der Waals surface area contributed by atoms with Crippen LogP contribution in [0.3, 0.4) is 0 Å². The zero-order valence-electron chi connectivity index (χ0n) is 17.1. The van der Waals surface area contributed by atoms with Crippen molar-refractivity contribution in [1.82, 2.24) is 20.2 Å². The number of aliphatic hydroxyl groups is 1. The molecule has 2 aliphatic rings. The number of carbonyl (C=O) groups is 2. The Morgan fingerprint density at radius 2 is 2.07 bits per heavy atom. The molecule has 1 fully saturated rings. The molecule has 158 valence electrons. The van der Waals surface area contributed by atoms with Gasteiger partial charge >= 0.3 is 0 Å². The molecule has 1 saturated heterocycles. The van der Waals surface area contributed by atoms with E-state index in [1.807, 2.05) is 12.1 Å². The quantitative estimate of drug-likeness (QED) is 0.697. The van der Waals surface area contributed by atoms with E-state index >= 15 is 0 Å². The van der Waals surface area contributed by atoms with Crippen molar-refractivity contribution in [2.45, 2.75) is 25.9 Å². The second kappa shape index (κ2) is 8.79. The molecule has 0 aliphatic carbocycles. The Bertz CT molecular complexity index is 928. The predicted molar refractivity (Wildman–Crippen MR) is 112 cm³/mol. The third-order valence-electron chi connectivity index (χ3n) is 5.77. The molecule has 2 N–H and O–H groups in total. The number of aromatic nitrogens is 2. The van der Waals surface area contributed by atoms with E-state index in [9.17, 15) is 14.7 Å².